The van der Waals surface area contributed by atoms with E-state index in [0.29, 0.717) is 12.2 Å². The zero-order valence-electron chi connectivity index (χ0n) is 7.92. The number of hydrogen-bond acceptors (Lipinski definition) is 2. The van der Waals surface area contributed by atoms with E-state index in [9.17, 15) is 0 Å². The van der Waals surface area contributed by atoms with E-state index in [-0.39, 0.29) is 5.84 Å². The quantitative estimate of drug-likeness (QED) is 0.546. The lowest BCUT2D eigenvalue weighted by Gasteiger charge is -2.08. The van der Waals surface area contributed by atoms with E-state index in [2.05, 4.69) is 0 Å². The highest BCUT2D eigenvalue weighted by Gasteiger charge is 2.02. The van der Waals surface area contributed by atoms with Gasteiger partial charge in [0.25, 0.3) is 0 Å². The van der Waals surface area contributed by atoms with Crippen LogP contribution in [0.25, 0.3) is 0 Å². The molecule has 0 saturated heterocycles. The lowest BCUT2D eigenvalue weighted by atomic mass is 10.1. The molecule has 13 heavy (non-hydrogen) atoms. The van der Waals surface area contributed by atoms with Crippen molar-refractivity contribution in [2.75, 3.05) is 6.61 Å². The van der Waals surface area contributed by atoms with Crippen LogP contribution >= 0.6 is 0 Å². The minimum absolute atomic E-state index is 0.0703. The van der Waals surface area contributed by atoms with Crippen LogP contribution in [0.15, 0.2) is 18.2 Å². The molecule has 0 spiro atoms. The molecule has 3 N–H and O–H groups in total. The van der Waals surface area contributed by atoms with Gasteiger partial charge in [0.15, 0.2) is 0 Å². The van der Waals surface area contributed by atoms with Crippen molar-refractivity contribution < 1.29 is 4.74 Å². The number of amidine groups is 1. The summed E-state index contributed by atoms with van der Waals surface area (Å²) in [5.41, 5.74) is 7.12. The molecule has 0 amide bonds. The largest absolute Gasteiger partial charge is 0.494 e. The van der Waals surface area contributed by atoms with Crippen molar-refractivity contribution >= 4 is 5.84 Å². The van der Waals surface area contributed by atoms with E-state index < -0.39 is 0 Å². The molecule has 0 heterocycles. The van der Waals surface area contributed by atoms with Gasteiger partial charge in [-0.05, 0) is 25.5 Å². The van der Waals surface area contributed by atoms with Gasteiger partial charge in [0.05, 0.1) is 6.61 Å². The zero-order valence-corrected chi connectivity index (χ0v) is 7.92. The second-order valence-electron chi connectivity index (χ2n) is 2.83. The van der Waals surface area contributed by atoms with Gasteiger partial charge < -0.3 is 10.5 Å². The van der Waals surface area contributed by atoms with E-state index >= 15 is 0 Å². The van der Waals surface area contributed by atoms with E-state index in [1.165, 1.54) is 0 Å². The monoisotopic (exact) mass is 178 g/mol. The molecule has 0 aliphatic carbocycles. The summed E-state index contributed by atoms with van der Waals surface area (Å²) in [7, 11) is 0. The molecule has 70 valence electrons. The molecular formula is C10H14N2O. The minimum atomic E-state index is 0.0703. The number of nitrogens with one attached hydrogen (secondary N) is 1. The Kier molecular flexibility index (Phi) is 2.90. The Labute approximate surface area is 78.0 Å². The summed E-state index contributed by atoms with van der Waals surface area (Å²) in [5.74, 6) is 0.871. The fraction of sp³-hybridized carbons (Fsp3) is 0.300. The van der Waals surface area contributed by atoms with Crippen LogP contribution in [0.3, 0.4) is 0 Å². The van der Waals surface area contributed by atoms with Crippen LogP contribution in [0.4, 0.5) is 0 Å². The van der Waals surface area contributed by atoms with Crippen LogP contribution in [0.2, 0.25) is 0 Å². The summed E-state index contributed by atoms with van der Waals surface area (Å²) in [5, 5.41) is 7.26. The van der Waals surface area contributed by atoms with Crippen molar-refractivity contribution in [3.63, 3.8) is 0 Å². The van der Waals surface area contributed by atoms with E-state index in [0.717, 1.165) is 11.3 Å². The van der Waals surface area contributed by atoms with Gasteiger partial charge in [-0.25, -0.2) is 0 Å². The van der Waals surface area contributed by atoms with Crippen LogP contribution in [0, 0.1) is 12.3 Å². The first-order valence-corrected chi connectivity index (χ1v) is 4.23. The van der Waals surface area contributed by atoms with Crippen molar-refractivity contribution in [2.24, 2.45) is 5.73 Å². The van der Waals surface area contributed by atoms with Gasteiger partial charge in [0.1, 0.15) is 11.6 Å². The molecule has 1 aromatic rings. The summed E-state index contributed by atoms with van der Waals surface area (Å²) in [6.45, 7) is 4.52. The number of aryl methyl sites for hydroxylation is 1. The second-order valence-corrected chi connectivity index (χ2v) is 2.83. The first-order chi connectivity index (χ1) is 6.15. The van der Waals surface area contributed by atoms with Gasteiger partial charge in [-0.2, -0.15) is 0 Å². The normalized spacial score (nSPS) is 9.69. The highest BCUT2D eigenvalue weighted by molar-refractivity contribution is 5.95. The molecule has 0 atom stereocenters. The van der Waals surface area contributed by atoms with E-state index in [1.807, 2.05) is 26.0 Å². The topological polar surface area (TPSA) is 59.1 Å². The predicted octanol–water partition coefficient (Wildman–Crippen LogP) is 1.68. The summed E-state index contributed by atoms with van der Waals surface area (Å²) < 4.78 is 5.38. The zero-order chi connectivity index (χ0) is 9.84. The highest BCUT2D eigenvalue weighted by atomic mass is 16.5. The Hall–Kier alpha value is -1.51. The Balaban J connectivity index is 3.03. The van der Waals surface area contributed by atoms with Gasteiger partial charge >= 0.3 is 0 Å². The van der Waals surface area contributed by atoms with Crippen molar-refractivity contribution in [3.05, 3.63) is 29.3 Å². The SMILES string of the molecule is CCOc1cc(C(=N)N)ccc1C. The number of hydrogen-bond donors (Lipinski definition) is 2. The van der Waals surface area contributed by atoms with E-state index in [1.54, 1.807) is 6.07 Å². The Morgan fingerprint density at radius 1 is 1.54 bits per heavy atom. The molecule has 0 fully saturated rings. The molecule has 0 aliphatic heterocycles. The average Bonchev–Trinajstić information content (AvgIpc) is 2.08. The Morgan fingerprint density at radius 2 is 2.23 bits per heavy atom. The number of rotatable bonds is 3. The maximum atomic E-state index is 7.26. The van der Waals surface area contributed by atoms with Crippen LogP contribution in [0.1, 0.15) is 18.1 Å². The molecule has 3 heteroatoms. The third-order valence-electron chi connectivity index (χ3n) is 1.80. The molecule has 0 aliphatic rings. The molecule has 0 bridgehead atoms. The Bertz CT molecular complexity index is 321. The Morgan fingerprint density at radius 3 is 2.77 bits per heavy atom. The summed E-state index contributed by atoms with van der Waals surface area (Å²) >= 11 is 0. The lowest BCUT2D eigenvalue weighted by Crippen LogP contribution is -2.11. The molecule has 3 nitrogen and oxygen atoms in total. The number of ether oxygens (including phenoxy) is 1. The molecular weight excluding hydrogens is 164 g/mol. The van der Waals surface area contributed by atoms with Crippen molar-refractivity contribution in [3.8, 4) is 5.75 Å². The maximum Gasteiger partial charge on any atom is 0.122 e. The van der Waals surface area contributed by atoms with E-state index in [4.69, 9.17) is 15.9 Å². The molecule has 0 radical (unpaired) electrons. The van der Waals surface area contributed by atoms with Crippen molar-refractivity contribution in [2.45, 2.75) is 13.8 Å². The summed E-state index contributed by atoms with van der Waals surface area (Å²) in [6, 6.07) is 5.52. The van der Waals surface area contributed by atoms with Crippen LogP contribution < -0.4 is 10.5 Å². The van der Waals surface area contributed by atoms with Gasteiger partial charge in [-0.1, -0.05) is 12.1 Å². The third-order valence-corrected chi connectivity index (χ3v) is 1.80. The average molecular weight is 178 g/mol. The van der Waals surface area contributed by atoms with Crippen molar-refractivity contribution in [1.82, 2.24) is 0 Å². The molecule has 0 aromatic heterocycles. The summed E-state index contributed by atoms with van der Waals surface area (Å²) in [6.07, 6.45) is 0. The first-order valence-electron chi connectivity index (χ1n) is 4.23. The fourth-order valence-electron chi connectivity index (χ4n) is 1.08. The lowest BCUT2D eigenvalue weighted by molar-refractivity contribution is 0.338. The third kappa shape index (κ3) is 2.21. The molecule has 0 unspecified atom stereocenters. The minimum Gasteiger partial charge on any atom is -0.494 e. The molecule has 0 saturated carbocycles. The summed E-state index contributed by atoms with van der Waals surface area (Å²) in [4.78, 5) is 0. The molecule has 1 aromatic carbocycles. The molecule has 1 rings (SSSR count). The van der Waals surface area contributed by atoms with Crippen molar-refractivity contribution in [1.29, 1.82) is 5.41 Å². The van der Waals surface area contributed by atoms with Gasteiger partial charge in [-0.3, -0.25) is 5.41 Å². The predicted molar refractivity (Wildman–Crippen MR) is 53.4 cm³/mol. The number of nitrogen functional groups attached to an aromatic ring is 1. The fourth-order valence-corrected chi connectivity index (χ4v) is 1.08. The number of benzene rings is 1. The maximum absolute atomic E-state index is 7.26. The smallest absolute Gasteiger partial charge is 0.122 e. The second kappa shape index (κ2) is 3.94. The van der Waals surface area contributed by atoms with Gasteiger partial charge in [0, 0.05) is 5.56 Å². The highest BCUT2D eigenvalue weighted by Crippen LogP contribution is 2.18. The van der Waals surface area contributed by atoms with Crippen LogP contribution in [0.5, 0.6) is 5.75 Å². The van der Waals surface area contributed by atoms with Crippen LogP contribution in [-0.2, 0) is 0 Å². The standard InChI is InChI=1S/C10H14N2O/c1-3-13-9-6-8(10(11)12)5-4-7(9)2/h4-6H,3H2,1-2H3,(H3,11,12). The first kappa shape index (κ1) is 9.58. The van der Waals surface area contributed by atoms with Crippen LogP contribution in [-0.4, -0.2) is 12.4 Å². The number of nitrogens with two attached hydrogens (primary N) is 1. The van der Waals surface area contributed by atoms with Gasteiger partial charge in [-0.15, -0.1) is 0 Å². The van der Waals surface area contributed by atoms with Gasteiger partial charge in [0.2, 0.25) is 0 Å².